The molecule has 0 aliphatic carbocycles. The van der Waals surface area contributed by atoms with Crippen molar-refractivity contribution in [2.75, 3.05) is 12.3 Å². The van der Waals surface area contributed by atoms with Gasteiger partial charge in [-0.3, -0.25) is 9.78 Å². The lowest BCUT2D eigenvalue weighted by molar-refractivity contribution is -0.0539. The lowest BCUT2D eigenvalue weighted by atomic mass is 10.1. The summed E-state index contributed by atoms with van der Waals surface area (Å²) in [5.74, 6) is -0.247. The van der Waals surface area contributed by atoms with E-state index >= 15 is 0 Å². The minimum atomic E-state index is -1.46. The molecular weight excluding hydrogens is 326 g/mol. The van der Waals surface area contributed by atoms with E-state index in [2.05, 4.69) is 15.9 Å². The van der Waals surface area contributed by atoms with Gasteiger partial charge in [0.25, 0.3) is 5.56 Å². The normalized spacial score (nSPS) is 30.7. The van der Waals surface area contributed by atoms with Crippen LogP contribution in [0.25, 0.3) is 0 Å². The topological polar surface area (TPSA) is 151 Å². The van der Waals surface area contributed by atoms with Crippen molar-refractivity contribution in [3.63, 3.8) is 0 Å². The summed E-state index contributed by atoms with van der Waals surface area (Å²) in [4.78, 5) is 25.0. The number of ether oxygens (including phenoxy) is 1. The zero-order valence-corrected chi connectivity index (χ0v) is 11.1. The van der Waals surface area contributed by atoms with Gasteiger partial charge in [0.15, 0.2) is 6.23 Å². The summed E-state index contributed by atoms with van der Waals surface area (Å²) in [6.07, 6.45) is -5.17. The molecule has 2 heterocycles. The van der Waals surface area contributed by atoms with E-state index in [9.17, 15) is 19.8 Å². The van der Waals surface area contributed by atoms with E-state index in [1.54, 1.807) is 0 Å². The molecule has 1 fully saturated rings. The van der Waals surface area contributed by atoms with Gasteiger partial charge in [-0.15, -0.1) is 0 Å². The summed E-state index contributed by atoms with van der Waals surface area (Å²) in [6.45, 7) is -0.534. The van der Waals surface area contributed by atoms with Crippen molar-refractivity contribution in [2.45, 2.75) is 24.5 Å². The van der Waals surface area contributed by atoms with E-state index in [1.807, 2.05) is 4.98 Å². The minimum Gasteiger partial charge on any atom is -0.394 e. The van der Waals surface area contributed by atoms with Crippen LogP contribution in [0.15, 0.2) is 14.1 Å². The minimum absolute atomic E-state index is 0.0927. The second kappa shape index (κ2) is 5.06. The van der Waals surface area contributed by atoms with Gasteiger partial charge in [0.05, 0.1) is 6.61 Å². The Balaban J connectivity index is 2.52. The zero-order valence-electron chi connectivity index (χ0n) is 9.49. The highest BCUT2D eigenvalue weighted by molar-refractivity contribution is 9.10. The molecule has 2 rings (SSSR count). The molecular formula is C9H12BrN3O6. The van der Waals surface area contributed by atoms with Crippen molar-refractivity contribution in [1.82, 2.24) is 9.55 Å². The molecule has 1 aliphatic rings. The molecule has 4 atom stereocenters. The average Bonchev–Trinajstić information content (AvgIpc) is 2.64. The van der Waals surface area contributed by atoms with Crippen molar-refractivity contribution in [1.29, 1.82) is 0 Å². The second-order valence-electron chi connectivity index (χ2n) is 4.06. The number of hydrogen-bond acceptors (Lipinski definition) is 7. The largest absolute Gasteiger partial charge is 0.394 e. The van der Waals surface area contributed by atoms with Crippen molar-refractivity contribution in [3.05, 3.63) is 25.3 Å². The number of anilines is 1. The third-order valence-electron chi connectivity index (χ3n) is 2.89. The molecule has 2 unspecified atom stereocenters. The maximum absolute atomic E-state index is 11.7. The summed E-state index contributed by atoms with van der Waals surface area (Å²) < 4.78 is 5.88. The number of nitrogen functional groups attached to an aromatic ring is 1. The number of nitrogens with two attached hydrogens (primary N) is 1. The number of rotatable bonds is 2. The Hall–Kier alpha value is -1.20. The van der Waals surface area contributed by atoms with Gasteiger partial charge >= 0.3 is 5.69 Å². The molecule has 1 aliphatic heterocycles. The smallest absolute Gasteiger partial charge is 0.332 e. The standard InChI is InChI=1S/C9H12BrN3O6/c10-3-6(11)13(9(18)12-7(3)17)8-5(16)4(15)2(1-14)19-8/h2,4-5,8,14-16H,1,11H2,(H,12,17,18)/t2-,4?,5?,8-/m0/s1. The Morgan fingerprint density at radius 3 is 2.53 bits per heavy atom. The first kappa shape index (κ1) is 14.2. The first-order valence-corrected chi connectivity index (χ1v) is 6.10. The fourth-order valence-electron chi connectivity index (χ4n) is 1.89. The zero-order chi connectivity index (χ0) is 14.3. The predicted molar refractivity (Wildman–Crippen MR) is 66.4 cm³/mol. The van der Waals surface area contributed by atoms with Crippen LogP contribution in [0.4, 0.5) is 5.82 Å². The number of aromatic nitrogens is 2. The second-order valence-corrected chi connectivity index (χ2v) is 4.85. The fourth-order valence-corrected chi connectivity index (χ4v) is 2.18. The number of aliphatic hydroxyl groups is 3. The molecule has 106 valence electrons. The van der Waals surface area contributed by atoms with E-state index in [-0.39, 0.29) is 10.3 Å². The first-order valence-electron chi connectivity index (χ1n) is 5.30. The number of hydrogen-bond donors (Lipinski definition) is 5. The van der Waals surface area contributed by atoms with Gasteiger partial charge in [-0.1, -0.05) is 0 Å². The van der Waals surface area contributed by atoms with E-state index in [0.29, 0.717) is 0 Å². The Kier molecular flexibility index (Phi) is 3.78. The van der Waals surface area contributed by atoms with Gasteiger partial charge in [0.2, 0.25) is 0 Å². The Bertz CT molecular complexity index is 599. The summed E-state index contributed by atoms with van der Waals surface area (Å²) in [5, 5.41) is 28.4. The van der Waals surface area contributed by atoms with Crippen LogP contribution >= 0.6 is 15.9 Å². The fraction of sp³-hybridized carbons (Fsp3) is 0.556. The molecule has 0 radical (unpaired) electrons. The van der Waals surface area contributed by atoms with Gasteiger partial charge in [-0.2, -0.15) is 0 Å². The Morgan fingerprint density at radius 2 is 2.00 bits per heavy atom. The van der Waals surface area contributed by atoms with Crippen LogP contribution in [-0.4, -0.2) is 49.8 Å². The van der Waals surface area contributed by atoms with Crippen LogP contribution in [0.3, 0.4) is 0 Å². The van der Waals surface area contributed by atoms with Crippen molar-refractivity contribution in [2.24, 2.45) is 0 Å². The summed E-state index contributed by atoms with van der Waals surface area (Å²) in [5.41, 5.74) is 4.01. The van der Waals surface area contributed by atoms with Gasteiger partial charge in [-0.25, -0.2) is 9.36 Å². The van der Waals surface area contributed by atoms with Gasteiger partial charge in [-0.05, 0) is 15.9 Å². The first-order chi connectivity index (χ1) is 8.88. The number of H-pyrrole nitrogens is 1. The lowest BCUT2D eigenvalue weighted by Crippen LogP contribution is -2.39. The summed E-state index contributed by atoms with van der Waals surface area (Å²) in [7, 11) is 0. The molecule has 0 saturated carbocycles. The molecule has 1 aromatic heterocycles. The van der Waals surface area contributed by atoms with Crippen LogP contribution in [0.1, 0.15) is 6.23 Å². The highest BCUT2D eigenvalue weighted by Gasteiger charge is 2.44. The molecule has 1 saturated heterocycles. The summed E-state index contributed by atoms with van der Waals surface area (Å²) in [6, 6.07) is 0. The van der Waals surface area contributed by atoms with Crippen LogP contribution in [0.2, 0.25) is 0 Å². The predicted octanol–water partition coefficient (Wildman–Crippen LogP) is -2.51. The quantitative estimate of drug-likeness (QED) is 0.400. The van der Waals surface area contributed by atoms with Crippen LogP contribution < -0.4 is 17.0 Å². The van der Waals surface area contributed by atoms with Gasteiger partial charge in [0.1, 0.15) is 28.6 Å². The number of nitrogens with one attached hydrogen (secondary N) is 1. The van der Waals surface area contributed by atoms with E-state index in [0.717, 1.165) is 4.57 Å². The van der Waals surface area contributed by atoms with Crippen LogP contribution in [0.5, 0.6) is 0 Å². The number of aromatic amines is 1. The molecule has 0 amide bonds. The SMILES string of the molecule is Nc1c(Br)c(=O)[nH]c(=O)n1[C@H]1O[C@@H](CO)C(O)C1O. The Labute approximate surface area is 114 Å². The number of nitrogens with zero attached hydrogens (tertiary/aromatic N) is 1. The third kappa shape index (κ3) is 2.21. The molecule has 1 aromatic rings. The number of halogens is 1. The maximum Gasteiger partial charge on any atom is 0.332 e. The highest BCUT2D eigenvalue weighted by atomic mass is 79.9. The molecule has 0 spiro atoms. The summed E-state index contributed by atoms with van der Waals surface area (Å²) >= 11 is 2.90. The third-order valence-corrected chi connectivity index (χ3v) is 3.66. The molecule has 10 heteroatoms. The molecule has 0 aromatic carbocycles. The molecule has 9 nitrogen and oxygen atoms in total. The van der Waals surface area contributed by atoms with E-state index in [4.69, 9.17) is 15.6 Å². The maximum atomic E-state index is 11.7. The molecule has 6 N–H and O–H groups in total. The number of aliphatic hydroxyl groups excluding tert-OH is 3. The van der Waals surface area contributed by atoms with Crippen LogP contribution in [-0.2, 0) is 4.74 Å². The Morgan fingerprint density at radius 1 is 1.37 bits per heavy atom. The average molecular weight is 338 g/mol. The van der Waals surface area contributed by atoms with Crippen molar-refractivity contribution < 1.29 is 20.1 Å². The van der Waals surface area contributed by atoms with E-state index in [1.165, 1.54) is 0 Å². The van der Waals surface area contributed by atoms with Crippen molar-refractivity contribution >= 4 is 21.7 Å². The van der Waals surface area contributed by atoms with Crippen molar-refractivity contribution in [3.8, 4) is 0 Å². The van der Waals surface area contributed by atoms with E-state index < -0.39 is 42.4 Å². The highest BCUT2D eigenvalue weighted by Crippen LogP contribution is 2.30. The van der Waals surface area contributed by atoms with Gasteiger partial charge in [0, 0.05) is 0 Å². The van der Waals surface area contributed by atoms with Crippen LogP contribution in [0, 0.1) is 0 Å². The lowest BCUT2D eigenvalue weighted by Gasteiger charge is -2.19. The molecule has 0 bridgehead atoms. The monoisotopic (exact) mass is 337 g/mol. The van der Waals surface area contributed by atoms with Gasteiger partial charge < -0.3 is 25.8 Å². The molecule has 19 heavy (non-hydrogen) atoms.